The van der Waals surface area contributed by atoms with Crippen LogP contribution in [0.25, 0.3) is 0 Å². The molecule has 0 aliphatic carbocycles. The van der Waals surface area contributed by atoms with E-state index in [1.54, 1.807) is 12.1 Å². The van der Waals surface area contributed by atoms with Crippen LogP contribution < -0.4 is 5.32 Å². The number of benzene rings is 3. The van der Waals surface area contributed by atoms with Crippen LogP contribution in [0.1, 0.15) is 21.5 Å². The van der Waals surface area contributed by atoms with Crippen molar-refractivity contribution in [2.75, 3.05) is 5.32 Å². The van der Waals surface area contributed by atoms with Crippen molar-refractivity contribution < 1.29 is 9.90 Å². The predicted molar refractivity (Wildman–Crippen MR) is 102 cm³/mol. The molecule has 0 aliphatic rings. The molecule has 0 fully saturated rings. The first kappa shape index (κ1) is 17.3. The van der Waals surface area contributed by atoms with Gasteiger partial charge in [0.05, 0.1) is 5.02 Å². The highest BCUT2D eigenvalue weighted by Gasteiger charge is 2.17. The minimum absolute atomic E-state index is 0.0198. The Morgan fingerprint density at radius 3 is 2.24 bits per heavy atom. The summed E-state index contributed by atoms with van der Waals surface area (Å²) in [7, 11) is 0. The number of ketones is 1. The third-order valence-electron chi connectivity index (χ3n) is 3.79. The van der Waals surface area contributed by atoms with Crippen LogP contribution in [0.15, 0.2) is 66.7 Å². The highest BCUT2D eigenvalue weighted by atomic mass is 35.5. The average Bonchev–Trinajstić information content (AvgIpc) is 2.65. The number of nitrogens with one attached hydrogen (secondary N) is 1. The number of carbonyl (C=O) groups is 1. The van der Waals surface area contributed by atoms with Gasteiger partial charge in [-0.25, -0.2) is 0 Å². The van der Waals surface area contributed by atoms with Crippen molar-refractivity contribution in [1.82, 2.24) is 0 Å². The van der Waals surface area contributed by atoms with Crippen molar-refractivity contribution in [3.63, 3.8) is 0 Å². The van der Waals surface area contributed by atoms with Crippen LogP contribution in [0.4, 0.5) is 5.69 Å². The van der Waals surface area contributed by atoms with Crippen molar-refractivity contribution >= 4 is 34.7 Å². The number of aromatic hydroxyl groups is 1. The van der Waals surface area contributed by atoms with Crippen LogP contribution >= 0.6 is 23.2 Å². The van der Waals surface area contributed by atoms with Gasteiger partial charge in [-0.1, -0.05) is 53.5 Å². The van der Waals surface area contributed by atoms with Gasteiger partial charge in [-0.15, -0.1) is 0 Å². The first-order chi connectivity index (χ1) is 12.1. The second kappa shape index (κ2) is 7.60. The van der Waals surface area contributed by atoms with Crippen LogP contribution in [0.3, 0.4) is 0 Å². The SMILES string of the molecule is O=C(c1ccc(NCc2ccccc2)cc1)c1ccc(O)c(Cl)c1Cl. The number of hydrogen-bond acceptors (Lipinski definition) is 3. The standard InChI is InChI=1S/C20H15Cl2NO2/c21-18-16(10-11-17(24)19(18)22)20(25)14-6-8-15(9-7-14)23-12-13-4-2-1-3-5-13/h1-11,23-24H,12H2. The van der Waals surface area contributed by atoms with Crippen LogP contribution in [0.5, 0.6) is 5.75 Å². The first-order valence-electron chi connectivity index (χ1n) is 7.66. The van der Waals surface area contributed by atoms with Gasteiger partial charge in [-0.3, -0.25) is 4.79 Å². The van der Waals surface area contributed by atoms with E-state index in [2.05, 4.69) is 5.32 Å². The van der Waals surface area contributed by atoms with Gasteiger partial charge in [0.1, 0.15) is 10.8 Å². The Kier molecular flexibility index (Phi) is 5.27. The summed E-state index contributed by atoms with van der Waals surface area (Å²) in [4.78, 5) is 12.6. The summed E-state index contributed by atoms with van der Waals surface area (Å²) < 4.78 is 0. The smallest absolute Gasteiger partial charge is 0.194 e. The normalized spacial score (nSPS) is 10.5. The zero-order valence-electron chi connectivity index (χ0n) is 13.2. The van der Waals surface area contributed by atoms with Gasteiger partial charge in [-0.2, -0.15) is 0 Å². The van der Waals surface area contributed by atoms with Crippen LogP contribution in [-0.2, 0) is 6.54 Å². The number of phenolic OH excluding ortho intramolecular Hbond substituents is 1. The molecule has 3 nitrogen and oxygen atoms in total. The molecule has 0 amide bonds. The lowest BCUT2D eigenvalue weighted by atomic mass is 10.0. The Hall–Kier alpha value is -2.49. The van der Waals surface area contributed by atoms with Crippen molar-refractivity contribution in [1.29, 1.82) is 0 Å². The minimum Gasteiger partial charge on any atom is -0.506 e. The molecule has 5 heteroatoms. The maximum absolute atomic E-state index is 12.6. The van der Waals surface area contributed by atoms with E-state index in [9.17, 15) is 9.90 Å². The molecule has 2 N–H and O–H groups in total. The van der Waals surface area contributed by atoms with E-state index in [0.717, 1.165) is 5.69 Å². The first-order valence-corrected chi connectivity index (χ1v) is 8.41. The minimum atomic E-state index is -0.249. The van der Waals surface area contributed by atoms with Gasteiger partial charge in [-0.05, 0) is 42.0 Å². The Morgan fingerprint density at radius 1 is 0.880 bits per heavy atom. The second-order valence-corrected chi connectivity index (χ2v) is 6.26. The van der Waals surface area contributed by atoms with E-state index < -0.39 is 0 Å². The lowest BCUT2D eigenvalue weighted by Gasteiger charge is -2.09. The Balaban J connectivity index is 1.74. The van der Waals surface area contributed by atoms with Crippen LogP contribution in [0, 0.1) is 0 Å². The molecule has 0 aliphatic heterocycles. The summed E-state index contributed by atoms with van der Waals surface area (Å²) in [6.07, 6.45) is 0. The van der Waals surface area contributed by atoms with Gasteiger partial charge in [0.25, 0.3) is 0 Å². The number of phenols is 1. The molecule has 0 radical (unpaired) electrons. The van der Waals surface area contributed by atoms with E-state index in [0.29, 0.717) is 12.1 Å². The summed E-state index contributed by atoms with van der Waals surface area (Å²) in [5, 5.41) is 12.9. The topological polar surface area (TPSA) is 49.3 Å². The van der Waals surface area contributed by atoms with Crippen molar-refractivity contribution in [3.8, 4) is 5.75 Å². The number of halogens is 2. The van der Waals surface area contributed by atoms with E-state index in [1.165, 1.54) is 17.7 Å². The molecular formula is C20H15Cl2NO2. The van der Waals surface area contributed by atoms with Gasteiger partial charge >= 0.3 is 0 Å². The largest absolute Gasteiger partial charge is 0.506 e. The second-order valence-electron chi connectivity index (χ2n) is 5.51. The molecular weight excluding hydrogens is 357 g/mol. The molecule has 3 aromatic rings. The predicted octanol–water partition coefficient (Wildman–Crippen LogP) is 5.54. The van der Waals surface area contributed by atoms with Crippen molar-refractivity contribution in [2.45, 2.75) is 6.54 Å². The maximum Gasteiger partial charge on any atom is 0.194 e. The molecule has 0 unspecified atom stereocenters. The molecule has 126 valence electrons. The zero-order valence-corrected chi connectivity index (χ0v) is 14.7. The summed E-state index contributed by atoms with van der Waals surface area (Å²) in [6.45, 7) is 0.702. The molecule has 0 aromatic heterocycles. The molecule has 0 bridgehead atoms. The van der Waals surface area contributed by atoms with E-state index >= 15 is 0 Å². The van der Waals surface area contributed by atoms with Gasteiger partial charge < -0.3 is 10.4 Å². The van der Waals surface area contributed by atoms with Crippen LogP contribution in [-0.4, -0.2) is 10.9 Å². The molecule has 0 heterocycles. The monoisotopic (exact) mass is 371 g/mol. The maximum atomic E-state index is 12.6. The Morgan fingerprint density at radius 2 is 1.56 bits per heavy atom. The van der Waals surface area contributed by atoms with E-state index in [1.807, 2.05) is 42.5 Å². The Labute approximate surface area is 155 Å². The number of hydrogen-bond donors (Lipinski definition) is 2. The molecule has 0 saturated carbocycles. The molecule has 3 rings (SSSR count). The van der Waals surface area contributed by atoms with Gasteiger partial charge in [0, 0.05) is 23.4 Å². The third-order valence-corrected chi connectivity index (χ3v) is 4.67. The van der Waals surface area contributed by atoms with Crippen molar-refractivity contribution in [3.05, 3.63) is 93.5 Å². The summed E-state index contributed by atoms with van der Waals surface area (Å²) in [5.41, 5.74) is 2.84. The molecule has 0 atom stereocenters. The fraction of sp³-hybridized carbons (Fsp3) is 0.0500. The Bertz CT molecular complexity index is 894. The average molecular weight is 372 g/mol. The molecule has 0 saturated heterocycles. The number of rotatable bonds is 5. The number of anilines is 1. The van der Waals surface area contributed by atoms with Gasteiger partial charge in [0.2, 0.25) is 0 Å². The van der Waals surface area contributed by atoms with Crippen molar-refractivity contribution in [2.24, 2.45) is 0 Å². The fourth-order valence-corrected chi connectivity index (χ4v) is 2.82. The van der Waals surface area contributed by atoms with Gasteiger partial charge in [0.15, 0.2) is 5.78 Å². The molecule has 0 spiro atoms. The molecule has 25 heavy (non-hydrogen) atoms. The zero-order chi connectivity index (χ0) is 17.8. The van der Waals surface area contributed by atoms with Crippen LogP contribution in [0.2, 0.25) is 10.0 Å². The quantitative estimate of drug-likeness (QED) is 0.578. The highest BCUT2D eigenvalue weighted by molar-refractivity contribution is 6.45. The number of carbonyl (C=O) groups excluding carboxylic acids is 1. The summed E-state index contributed by atoms with van der Waals surface area (Å²) in [5.74, 6) is -0.398. The lowest BCUT2D eigenvalue weighted by molar-refractivity contribution is 0.103. The summed E-state index contributed by atoms with van der Waals surface area (Å²) in [6, 6.07) is 20.0. The van der Waals surface area contributed by atoms with E-state index in [-0.39, 0.29) is 27.1 Å². The lowest BCUT2D eigenvalue weighted by Crippen LogP contribution is -2.03. The van der Waals surface area contributed by atoms with E-state index in [4.69, 9.17) is 23.2 Å². The fourth-order valence-electron chi connectivity index (χ4n) is 2.41. The molecule has 3 aromatic carbocycles. The highest BCUT2D eigenvalue weighted by Crippen LogP contribution is 2.34. The third kappa shape index (κ3) is 3.95. The summed E-state index contributed by atoms with van der Waals surface area (Å²) >= 11 is 12.0.